The molecule has 4 heterocycles. The molecule has 2 aromatic rings. The molecule has 3 atom stereocenters. The molecule has 0 unspecified atom stereocenters. The zero-order valence-electron chi connectivity index (χ0n) is 19.5. The highest BCUT2D eigenvalue weighted by Gasteiger charge is 2.44. The summed E-state index contributed by atoms with van der Waals surface area (Å²) in [6.45, 7) is 2.61. The molecule has 2 fully saturated rings. The number of pyridine rings is 1. The van der Waals surface area contributed by atoms with Crippen molar-refractivity contribution in [3.05, 3.63) is 48.3 Å². The summed E-state index contributed by atoms with van der Waals surface area (Å²) in [5, 5.41) is 17.2. The van der Waals surface area contributed by atoms with Crippen LogP contribution in [0.4, 0.5) is 36.7 Å². The van der Waals surface area contributed by atoms with Crippen LogP contribution in [0.25, 0.3) is 0 Å². The number of nitrogens with zero attached hydrogens (tertiary/aromatic N) is 4. The van der Waals surface area contributed by atoms with Crippen molar-refractivity contribution in [2.45, 2.75) is 18.5 Å². The first-order valence-electron chi connectivity index (χ1n) is 10.7. The molecule has 0 aliphatic carbocycles. The average molecular weight is 571 g/mol. The van der Waals surface area contributed by atoms with Crippen molar-refractivity contribution in [1.82, 2.24) is 20.3 Å². The molecule has 39 heavy (non-hydrogen) atoms. The summed E-state index contributed by atoms with van der Waals surface area (Å²) in [5.41, 5.74) is 0.596. The molecule has 3 N–H and O–H groups in total. The first kappa shape index (κ1) is 31.1. The highest BCUT2D eigenvalue weighted by Crippen LogP contribution is 2.34. The number of rotatable bonds is 4. The predicted molar refractivity (Wildman–Crippen MR) is 115 cm³/mol. The maximum Gasteiger partial charge on any atom is 0.490 e. The average Bonchev–Trinajstić information content (AvgIpc) is 3.44. The van der Waals surface area contributed by atoms with Crippen molar-refractivity contribution in [2.24, 2.45) is 11.8 Å². The van der Waals surface area contributed by atoms with E-state index in [1.54, 1.807) is 24.5 Å². The van der Waals surface area contributed by atoms with Gasteiger partial charge in [0.15, 0.2) is 5.82 Å². The number of carboxylic acid groups (broad SMARTS) is 2. The second kappa shape index (κ2) is 13.1. The summed E-state index contributed by atoms with van der Waals surface area (Å²) < 4.78 is 82.3. The predicted octanol–water partition coefficient (Wildman–Crippen LogP) is 2.16. The second-order valence-corrected chi connectivity index (χ2v) is 7.95. The number of carboxylic acids is 2. The van der Waals surface area contributed by atoms with E-state index in [-0.39, 0.29) is 17.9 Å². The molecule has 2 aliphatic heterocycles. The van der Waals surface area contributed by atoms with Crippen molar-refractivity contribution in [3.63, 3.8) is 0 Å². The van der Waals surface area contributed by atoms with Crippen molar-refractivity contribution < 1.29 is 60.1 Å². The highest BCUT2D eigenvalue weighted by atomic mass is 19.4. The Bertz CT molecular complexity index is 1090. The Balaban J connectivity index is 0.000000317. The van der Waals surface area contributed by atoms with Gasteiger partial charge in [-0.05, 0) is 12.1 Å². The van der Waals surface area contributed by atoms with Gasteiger partial charge in [-0.25, -0.2) is 23.9 Å². The number of nitrogens with one attached hydrogen (secondary N) is 1. The molecule has 1 amide bonds. The third kappa shape index (κ3) is 9.62. The maximum atomic E-state index is 13.0. The van der Waals surface area contributed by atoms with Gasteiger partial charge in [0.25, 0.3) is 5.91 Å². The number of aliphatic carboxylic acids is 2. The normalized spacial score (nSPS) is 20.1. The number of alkyl halides is 6. The van der Waals surface area contributed by atoms with Crippen LogP contribution in [-0.4, -0.2) is 87.7 Å². The fourth-order valence-corrected chi connectivity index (χ4v) is 3.47. The first-order valence-corrected chi connectivity index (χ1v) is 10.7. The van der Waals surface area contributed by atoms with E-state index in [1.807, 2.05) is 4.90 Å². The van der Waals surface area contributed by atoms with Crippen LogP contribution in [0.15, 0.2) is 36.9 Å². The molecular weight excluding hydrogens is 551 g/mol. The maximum absolute atomic E-state index is 13.0. The van der Waals surface area contributed by atoms with Gasteiger partial charge in [-0.3, -0.25) is 9.78 Å². The zero-order chi connectivity index (χ0) is 29.4. The number of amides is 1. The van der Waals surface area contributed by atoms with Crippen LogP contribution in [0.1, 0.15) is 10.4 Å². The molecule has 4 rings (SSSR count). The number of aromatic nitrogens is 3. The van der Waals surface area contributed by atoms with Gasteiger partial charge >= 0.3 is 24.3 Å². The van der Waals surface area contributed by atoms with E-state index in [1.165, 1.54) is 12.4 Å². The van der Waals surface area contributed by atoms with Crippen molar-refractivity contribution in [1.29, 1.82) is 0 Å². The standard InChI is InChI=1S/C17H18FN5O2.2C2HF3O2/c18-13-6-21-17(22-7-13)23-8-14-12(10-25-15(14)9-23)5-20-16(24)11-1-3-19-4-2-11;2*3-2(4,5)1(6)7/h1-4,6-7,12,14-15H,5,8-10H2,(H,20,24);2*(H,6,7)/t12-,14-,15-;;/m1../s1. The lowest BCUT2D eigenvalue weighted by molar-refractivity contribution is -0.193. The highest BCUT2D eigenvalue weighted by molar-refractivity contribution is 5.93. The van der Waals surface area contributed by atoms with Crippen LogP contribution in [0.2, 0.25) is 0 Å². The fraction of sp³-hybridized carbons (Fsp3) is 0.429. The number of carbonyl (C=O) groups excluding carboxylic acids is 1. The number of hydrogen-bond donors (Lipinski definition) is 3. The van der Waals surface area contributed by atoms with Crippen LogP contribution in [0, 0.1) is 17.7 Å². The largest absolute Gasteiger partial charge is 0.490 e. The number of ether oxygens (including phenoxy) is 1. The smallest absolute Gasteiger partial charge is 0.475 e. The Morgan fingerprint density at radius 2 is 1.49 bits per heavy atom. The summed E-state index contributed by atoms with van der Waals surface area (Å²) in [5.74, 6) is -5.02. The SMILES string of the molecule is O=C(NC[C@@H]1CO[C@@H]2CN(c3ncc(F)cn3)C[C@H]12)c1ccncc1.O=C(O)C(F)(F)F.O=C(O)C(F)(F)F. The molecule has 18 heteroatoms. The van der Waals surface area contributed by atoms with Crippen LogP contribution in [0.5, 0.6) is 0 Å². The molecule has 11 nitrogen and oxygen atoms in total. The number of hydrogen-bond acceptors (Lipinski definition) is 8. The van der Waals surface area contributed by atoms with Crippen LogP contribution >= 0.6 is 0 Å². The number of anilines is 1. The van der Waals surface area contributed by atoms with E-state index in [2.05, 4.69) is 20.3 Å². The second-order valence-electron chi connectivity index (χ2n) is 7.95. The Morgan fingerprint density at radius 3 is 1.97 bits per heavy atom. The molecule has 2 saturated heterocycles. The molecular formula is C21H20F7N5O6. The fourth-order valence-electron chi connectivity index (χ4n) is 3.47. The van der Waals surface area contributed by atoms with Crippen LogP contribution < -0.4 is 10.2 Å². The van der Waals surface area contributed by atoms with Crippen LogP contribution in [0.3, 0.4) is 0 Å². The van der Waals surface area contributed by atoms with Gasteiger partial charge in [0.2, 0.25) is 5.95 Å². The third-order valence-electron chi connectivity index (χ3n) is 5.28. The molecule has 2 aliphatic rings. The Kier molecular flexibility index (Phi) is 10.5. The Morgan fingerprint density at radius 1 is 0.974 bits per heavy atom. The molecule has 0 radical (unpaired) electrons. The number of halogens is 7. The summed E-state index contributed by atoms with van der Waals surface area (Å²) in [6, 6.07) is 3.37. The number of fused-ring (bicyclic) bond motifs is 1. The summed E-state index contributed by atoms with van der Waals surface area (Å²) in [4.78, 5) is 43.9. The molecule has 0 spiro atoms. The summed E-state index contributed by atoms with van der Waals surface area (Å²) in [7, 11) is 0. The van der Waals surface area contributed by atoms with Gasteiger partial charge in [0, 0.05) is 49.4 Å². The molecule has 0 aromatic carbocycles. The minimum Gasteiger partial charge on any atom is -0.475 e. The van der Waals surface area contributed by atoms with E-state index in [9.17, 15) is 35.5 Å². The molecule has 0 saturated carbocycles. The summed E-state index contributed by atoms with van der Waals surface area (Å²) >= 11 is 0. The lowest BCUT2D eigenvalue weighted by Gasteiger charge is -2.20. The first-order chi connectivity index (χ1) is 18.1. The van der Waals surface area contributed by atoms with Gasteiger partial charge < -0.3 is 25.2 Å². The topological polar surface area (TPSA) is 155 Å². The monoisotopic (exact) mass is 571 g/mol. The molecule has 2 aromatic heterocycles. The lowest BCUT2D eigenvalue weighted by atomic mass is 9.93. The molecule has 0 bridgehead atoms. The third-order valence-corrected chi connectivity index (χ3v) is 5.28. The summed E-state index contributed by atoms with van der Waals surface area (Å²) in [6.07, 6.45) is -4.54. The Labute approximate surface area is 214 Å². The zero-order valence-corrected chi connectivity index (χ0v) is 19.5. The van der Waals surface area contributed by atoms with Crippen molar-refractivity contribution in [2.75, 3.05) is 31.1 Å². The van der Waals surface area contributed by atoms with Gasteiger partial charge in [-0.1, -0.05) is 0 Å². The van der Waals surface area contributed by atoms with Gasteiger partial charge in [0.05, 0.1) is 25.1 Å². The van der Waals surface area contributed by atoms with Crippen molar-refractivity contribution >= 4 is 23.8 Å². The van der Waals surface area contributed by atoms with Gasteiger partial charge in [-0.2, -0.15) is 26.3 Å². The van der Waals surface area contributed by atoms with Crippen LogP contribution in [-0.2, 0) is 14.3 Å². The van der Waals surface area contributed by atoms with E-state index in [4.69, 9.17) is 24.5 Å². The van der Waals surface area contributed by atoms with Crippen molar-refractivity contribution in [3.8, 4) is 0 Å². The minimum atomic E-state index is -5.08. The lowest BCUT2D eigenvalue weighted by Crippen LogP contribution is -2.34. The van der Waals surface area contributed by atoms with E-state index in [0.29, 0.717) is 37.1 Å². The van der Waals surface area contributed by atoms with E-state index in [0.717, 1.165) is 6.54 Å². The molecule has 214 valence electrons. The quantitative estimate of drug-likeness (QED) is 0.465. The van der Waals surface area contributed by atoms with E-state index >= 15 is 0 Å². The van der Waals surface area contributed by atoms with Gasteiger partial charge in [0.1, 0.15) is 0 Å². The Hall–Kier alpha value is -4.09. The van der Waals surface area contributed by atoms with Gasteiger partial charge in [-0.15, -0.1) is 0 Å². The van der Waals surface area contributed by atoms with E-state index < -0.39 is 30.1 Å². The number of carbonyl (C=O) groups is 3. The minimum absolute atomic E-state index is 0.0940.